The Balaban J connectivity index is 3.21. The van der Waals surface area contributed by atoms with Gasteiger partial charge in [0, 0.05) is 18.8 Å². The van der Waals surface area contributed by atoms with E-state index in [2.05, 4.69) is 21.2 Å². The molecular formula is C13H19BrN2O3S. The van der Waals surface area contributed by atoms with E-state index >= 15 is 0 Å². The van der Waals surface area contributed by atoms with Crippen LogP contribution in [0.15, 0.2) is 23.1 Å². The summed E-state index contributed by atoms with van der Waals surface area (Å²) in [7, 11) is -3.51. The van der Waals surface area contributed by atoms with Crippen LogP contribution in [0.1, 0.15) is 19.4 Å². The lowest BCUT2D eigenvalue weighted by atomic mass is 10.2. The Hall–Kier alpha value is -0.920. The van der Waals surface area contributed by atoms with E-state index in [1.165, 1.54) is 10.4 Å². The number of carbonyl (C=O) groups is 1. The van der Waals surface area contributed by atoms with Gasteiger partial charge in [-0.15, -0.1) is 0 Å². The summed E-state index contributed by atoms with van der Waals surface area (Å²) in [5, 5.41) is 2.84. The lowest BCUT2D eigenvalue weighted by Crippen LogP contribution is -2.30. The number of alkyl halides is 1. The molecule has 0 aliphatic carbocycles. The van der Waals surface area contributed by atoms with Crippen molar-refractivity contribution in [2.45, 2.75) is 25.7 Å². The number of amides is 1. The number of anilines is 1. The number of nitrogens with one attached hydrogen (secondary N) is 1. The summed E-state index contributed by atoms with van der Waals surface area (Å²) in [6.07, 6.45) is 0. The monoisotopic (exact) mass is 362 g/mol. The van der Waals surface area contributed by atoms with Crippen molar-refractivity contribution < 1.29 is 13.2 Å². The van der Waals surface area contributed by atoms with E-state index in [-0.39, 0.29) is 16.1 Å². The second-order valence-electron chi connectivity index (χ2n) is 4.25. The van der Waals surface area contributed by atoms with Crippen LogP contribution in [0.2, 0.25) is 0 Å². The van der Waals surface area contributed by atoms with Gasteiger partial charge in [-0.2, -0.15) is 4.31 Å². The van der Waals surface area contributed by atoms with Gasteiger partial charge in [0.05, 0.1) is 10.2 Å². The first-order valence-corrected chi connectivity index (χ1v) is 8.89. The van der Waals surface area contributed by atoms with Crippen molar-refractivity contribution in [1.29, 1.82) is 0 Å². The second kappa shape index (κ2) is 7.19. The number of hydrogen-bond acceptors (Lipinski definition) is 3. The van der Waals surface area contributed by atoms with Crippen LogP contribution in [-0.2, 0) is 14.8 Å². The third-order valence-electron chi connectivity index (χ3n) is 2.95. The van der Waals surface area contributed by atoms with Gasteiger partial charge in [0.15, 0.2) is 0 Å². The van der Waals surface area contributed by atoms with E-state index in [9.17, 15) is 13.2 Å². The van der Waals surface area contributed by atoms with Crippen molar-refractivity contribution in [2.75, 3.05) is 23.7 Å². The Morgan fingerprint density at radius 1 is 1.30 bits per heavy atom. The summed E-state index contributed by atoms with van der Waals surface area (Å²) in [5.41, 5.74) is 1.33. The molecule has 0 atom stereocenters. The molecule has 5 nitrogen and oxygen atoms in total. The molecule has 0 bridgehead atoms. The lowest BCUT2D eigenvalue weighted by Gasteiger charge is -2.19. The molecule has 1 aromatic carbocycles. The highest BCUT2D eigenvalue weighted by Crippen LogP contribution is 2.23. The number of aryl methyl sites for hydroxylation is 1. The number of halogens is 1. The molecule has 20 heavy (non-hydrogen) atoms. The third kappa shape index (κ3) is 3.80. The summed E-state index contributed by atoms with van der Waals surface area (Å²) < 4.78 is 26.2. The van der Waals surface area contributed by atoms with Crippen molar-refractivity contribution in [2.24, 2.45) is 0 Å². The molecule has 0 unspecified atom stereocenters. The highest BCUT2D eigenvalue weighted by Gasteiger charge is 2.22. The highest BCUT2D eigenvalue weighted by atomic mass is 79.9. The van der Waals surface area contributed by atoms with Crippen molar-refractivity contribution in [3.05, 3.63) is 23.8 Å². The van der Waals surface area contributed by atoms with E-state index in [1.807, 2.05) is 6.92 Å². The van der Waals surface area contributed by atoms with Crippen LogP contribution in [0.4, 0.5) is 5.69 Å². The number of carbonyl (C=O) groups excluding carboxylic acids is 1. The Bertz CT molecular complexity index is 583. The molecule has 0 aliphatic heterocycles. The first-order chi connectivity index (χ1) is 9.36. The van der Waals surface area contributed by atoms with Crippen LogP contribution in [0.25, 0.3) is 0 Å². The first kappa shape index (κ1) is 17.1. The fraction of sp³-hybridized carbons (Fsp3) is 0.462. The maximum absolute atomic E-state index is 12.4. The number of hydrogen-bond donors (Lipinski definition) is 1. The molecule has 0 aliphatic rings. The molecule has 1 amide bonds. The summed E-state index contributed by atoms with van der Waals surface area (Å²) in [6, 6.07) is 4.76. The van der Waals surface area contributed by atoms with E-state index in [0.717, 1.165) is 5.56 Å². The molecule has 112 valence electrons. The Morgan fingerprint density at radius 3 is 2.40 bits per heavy atom. The van der Waals surface area contributed by atoms with Gasteiger partial charge in [-0.05, 0) is 24.6 Å². The molecule has 0 radical (unpaired) electrons. The number of nitrogens with zero attached hydrogens (tertiary/aromatic N) is 1. The van der Waals surface area contributed by atoms with Gasteiger partial charge in [0.1, 0.15) is 0 Å². The van der Waals surface area contributed by atoms with Crippen molar-refractivity contribution in [3.63, 3.8) is 0 Å². The average molecular weight is 363 g/mol. The zero-order chi connectivity index (χ0) is 15.3. The van der Waals surface area contributed by atoms with Gasteiger partial charge in [-0.1, -0.05) is 35.8 Å². The zero-order valence-corrected chi connectivity index (χ0v) is 14.2. The fourth-order valence-corrected chi connectivity index (χ4v) is 3.42. The largest absolute Gasteiger partial charge is 0.325 e. The number of rotatable bonds is 6. The summed E-state index contributed by atoms with van der Waals surface area (Å²) >= 11 is 3.06. The van der Waals surface area contributed by atoms with Crippen LogP contribution in [0, 0.1) is 6.92 Å². The van der Waals surface area contributed by atoms with E-state index in [0.29, 0.717) is 18.8 Å². The Morgan fingerprint density at radius 2 is 1.90 bits per heavy atom. The Kier molecular flexibility index (Phi) is 6.16. The molecule has 1 aromatic rings. The number of sulfonamides is 1. The SMILES string of the molecule is CCN(CC)S(=O)(=O)c1ccc(C)c(NC(=O)CBr)c1. The standard InChI is InChI=1S/C13H19BrN2O3S/c1-4-16(5-2)20(18,19)11-7-6-10(3)12(8-11)15-13(17)9-14/h6-8H,4-5,9H2,1-3H3,(H,15,17). The van der Waals surface area contributed by atoms with Crippen molar-refractivity contribution in [3.8, 4) is 0 Å². The van der Waals surface area contributed by atoms with Gasteiger partial charge in [0.2, 0.25) is 15.9 Å². The van der Waals surface area contributed by atoms with Gasteiger partial charge in [-0.3, -0.25) is 4.79 Å². The Labute approximate surface area is 128 Å². The van der Waals surface area contributed by atoms with Crippen molar-refractivity contribution >= 4 is 37.5 Å². The highest BCUT2D eigenvalue weighted by molar-refractivity contribution is 9.09. The number of benzene rings is 1. The maximum Gasteiger partial charge on any atom is 0.243 e. The van der Waals surface area contributed by atoms with E-state index in [4.69, 9.17) is 0 Å². The van der Waals surface area contributed by atoms with Crippen LogP contribution in [0.5, 0.6) is 0 Å². The van der Waals surface area contributed by atoms with Crippen LogP contribution < -0.4 is 5.32 Å². The molecule has 0 saturated carbocycles. The zero-order valence-electron chi connectivity index (χ0n) is 11.8. The predicted molar refractivity (Wildman–Crippen MR) is 83.7 cm³/mol. The van der Waals surface area contributed by atoms with Crippen molar-refractivity contribution in [1.82, 2.24) is 4.31 Å². The van der Waals surface area contributed by atoms with E-state index < -0.39 is 10.0 Å². The summed E-state index contributed by atoms with van der Waals surface area (Å²) in [4.78, 5) is 11.6. The van der Waals surface area contributed by atoms with Crippen LogP contribution >= 0.6 is 15.9 Å². The molecular weight excluding hydrogens is 344 g/mol. The molecule has 7 heteroatoms. The minimum atomic E-state index is -3.51. The molecule has 0 heterocycles. The fourth-order valence-electron chi connectivity index (χ4n) is 1.79. The molecule has 0 spiro atoms. The maximum atomic E-state index is 12.4. The summed E-state index contributed by atoms with van der Waals surface area (Å²) in [6.45, 7) is 6.23. The summed E-state index contributed by atoms with van der Waals surface area (Å²) in [5.74, 6) is -0.217. The molecule has 1 N–H and O–H groups in total. The minimum Gasteiger partial charge on any atom is -0.325 e. The van der Waals surface area contributed by atoms with Crippen LogP contribution in [-0.4, -0.2) is 37.0 Å². The predicted octanol–water partition coefficient (Wildman–Crippen LogP) is 2.36. The van der Waals surface area contributed by atoms with Gasteiger partial charge < -0.3 is 5.32 Å². The van der Waals surface area contributed by atoms with Crippen LogP contribution in [0.3, 0.4) is 0 Å². The van der Waals surface area contributed by atoms with Gasteiger partial charge in [0.25, 0.3) is 0 Å². The molecule has 0 fully saturated rings. The third-order valence-corrected chi connectivity index (χ3v) is 5.50. The van der Waals surface area contributed by atoms with Gasteiger partial charge >= 0.3 is 0 Å². The first-order valence-electron chi connectivity index (χ1n) is 6.33. The molecule has 0 saturated heterocycles. The lowest BCUT2D eigenvalue weighted by molar-refractivity contribution is -0.113. The quantitative estimate of drug-likeness (QED) is 0.789. The molecule has 0 aromatic heterocycles. The topological polar surface area (TPSA) is 66.5 Å². The normalized spacial score (nSPS) is 11.7. The second-order valence-corrected chi connectivity index (χ2v) is 6.75. The molecule has 1 rings (SSSR count). The minimum absolute atomic E-state index is 0.166. The smallest absolute Gasteiger partial charge is 0.243 e. The van der Waals surface area contributed by atoms with Gasteiger partial charge in [-0.25, -0.2) is 8.42 Å². The van der Waals surface area contributed by atoms with E-state index in [1.54, 1.807) is 26.0 Å². The average Bonchev–Trinajstić information content (AvgIpc) is 2.41.